The van der Waals surface area contributed by atoms with Crippen molar-refractivity contribution in [1.82, 2.24) is 0 Å². The summed E-state index contributed by atoms with van der Waals surface area (Å²) < 4.78 is 9.76. The number of ether oxygens (including phenoxy) is 2. The third kappa shape index (κ3) is 4.98. The van der Waals surface area contributed by atoms with Gasteiger partial charge in [0.15, 0.2) is 6.10 Å². The van der Waals surface area contributed by atoms with Crippen LogP contribution in [0.4, 0.5) is 11.4 Å². The van der Waals surface area contributed by atoms with Gasteiger partial charge in [0.25, 0.3) is 0 Å². The van der Waals surface area contributed by atoms with Gasteiger partial charge in [-0.05, 0) is 24.3 Å². The quantitative estimate of drug-likeness (QED) is 0.108. The van der Waals surface area contributed by atoms with Gasteiger partial charge < -0.3 is 55.9 Å². The molecular formula is C24H22N2O14. The lowest BCUT2D eigenvalue weighted by Crippen LogP contribution is -2.60. The number of aliphatic carboxylic acids is 2. The summed E-state index contributed by atoms with van der Waals surface area (Å²) in [5.74, 6) is -7.27. The van der Waals surface area contributed by atoms with E-state index in [0.29, 0.717) is 0 Å². The normalized spacial score (nSPS) is 23.5. The van der Waals surface area contributed by atoms with Crippen LogP contribution in [0.3, 0.4) is 0 Å². The molecule has 5 atom stereocenters. The van der Waals surface area contributed by atoms with Crippen LogP contribution in [0.1, 0.15) is 31.8 Å². The second kappa shape index (κ2) is 10.8. The van der Waals surface area contributed by atoms with Crippen LogP contribution in [0.5, 0.6) is 11.5 Å². The van der Waals surface area contributed by atoms with E-state index >= 15 is 0 Å². The summed E-state index contributed by atoms with van der Waals surface area (Å²) in [6.07, 6.45) is -10.0. The number of anilines is 2. The zero-order valence-corrected chi connectivity index (χ0v) is 20.1. The van der Waals surface area contributed by atoms with Crippen molar-refractivity contribution in [1.29, 1.82) is 0 Å². The van der Waals surface area contributed by atoms with Gasteiger partial charge in [-0.2, -0.15) is 0 Å². The van der Waals surface area contributed by atoms with Crippen LogP contribution in [0.2, 0.25) is 0 Å². The maximum Gasteiger partial charge on any atom is 0.335 e. The van der Waals surface area contributed by atoms with Crippen molar-refractivity contribution in [3.63, 3.8) is 0 Å². The molecule has 16 nitrogen and oxygen atoms in total. The van der Waals surface area contributed by atoms with Crippen molar-refractivity contribution in [2.75, 3.05) is 23.7 Å². The number of hydrogen-bond donors (Lipinski definition) is 9. The van der Waals surface area contributed by atoms with Gasteiger partial charge in [0, 0.05) is 11.4 Å². The Labute approximate surface area is 223 Å². The van der Waals surface area contributed by atoms with Crippen molar-refractivity contribution >= 4 is 40.8 Å². The van der Waals surface area contributed by atoms with Crippen molar-refractivity contribution in [2.24, 2.45) is 0 Å². The number of aliphatic hydroxyl groups excluding tert-OH is 3. The summed E-state index contributed by atoms with van der Waals surface area (Å²) in [6, 6.07) is 4.44. The van der Waals surface area contributed by atoms with Crippen molar-refractivity contribution in [2.45, 2.75) is 30.7 Å². The monoisotopic (exact) mass is 562 g/mol. The minimum absolute atomic E-state index is 0.0942. The molecule has 2 aromatic carbocycles. The number of fused-ring (bicyclic) bond motifs is 2. The second-order valence-corrected chi connectivity index (χ2v) is 8.75. The van der Waals surface area contributed by atoms with E-state index in [1.54, 1.807) is 0 Å². The first-order valence-corrected chi connectivity index (χ1v) is 11.5. The molecule has 1 aliphatic carbocycles. The molecule has 2 aliphatic rings. The zero-order valence-electron chi connectivity index (χ0n) is 20.1. The van der Waals surface area contributed by atoms with E-state index in [1.807, 2.05) is 0 Å². The maximum atomic E-state index is 13.4. The van der Waals surface area contributed by atoms with Gasteiger partial charge in [-0.1, -0.05) is 0 Å². The van der Waals surface area contributed by atoms with E-state index in [0.717, 1.165) is 12.1 Å². The van der Waals surface area contributed by atoms with Crippen molar-refractivity contribution in [3.8, 4) is 11.5 Å². The van der Waals surface area contributed by atoms with E-state index in [1.165, 1.54) is 12.1 Å². The van der Waals surface area contributed by atoms with Gasteiger partial charge in [-0.3, -0.25) is 19.2 Å². The molecule has 4 rings (SSSR count). The molecule has 16 heteroatoms. The predicted octanol–water partition coefficient (Wildman–Crippen LogP) is -1.78. The minimum atomic E-state index is -2.02. The van der Waals surface area contributed by atoms with E-state index < -0.39 is 95.9 Å². The molecule has 1 heterocycles. The molecule has 1 fully saturated rings. The molecular weight excluding hydrogens is 540 g/mol. The molecule has 40 heavy (non-hydrogen) atoms. The minimum Gasteiger partial charge on any atom is -0.507 e. The number of phenolic OH excluding ortho intramolecular Hbond substituents is 2. The van der Waals surface area contributed by atoms with Gasteiger partial charge in [0.2, 0.25) is 17.9 Å². The Morgan fingerprint density at radius 3 is 1.73 bits per heavy atom. The predicted molar refractivity (Wildman–Crippen MR) is 128 cm³/mol. The van der Waals surface area contributed by atoms with Gasteiger partial charge in [-0.25, -0.2) is 4.79 Å². The molecule has 2 aromatic rings. The SMILES string of the molecule is O=C(O)CNc1ccc(NCC(=O)O[C@@H]2O[C@H](C(=O)O)[C@@H](O)[C@H](O)[C@H]2O)c2c1C(=O)c1c(O)ccc(O)c1C2=O. The van der Waals surface area contributed by atoms with Crippen molar-refractivity contribution < 1.29 is 69.2 Å². The van der Waals surface area contributed by atoms with Crippen molar-refractivity contribution in [3.05, 3.63) is 46.5 Å². The molecule has 0 saturated carbocycles. The van der Waals surface area contributed by atoms with Crippen LogP contribution in [0.25, 0.3) is 0 Å². The van der Waals surface area contributed by atoms with Gasteiger partial charge in [-0.15, -0.1) is 0 Å². The van der Waals surface area contributed by atoms with Crippen LogP contribution in [-0.4, -0.2) is 109 Å². The molecule has 0 bridgehead atoms. The molecule has 212 valence electrons. The summed E-state index contributed by atoms with van der Waals surface area (Å²) in [6.45, 7) is -1.41. The fraction of sp³-hybridized carbons (Fsp3) is 0.292. The number of phenols is 2. The lowest BCUT2D eigenvalue weighted by molar-refractivity contribution is -0.285. The summed E-state index contributed by atoms with van der Waals surface area (Å²) in [7, 11) is 0. The number of rotatable bonds is 8. The number of ketones is 2. The Kier molecular flexibility index (Phi) is 7.61. The average molecular weight is 562 g/mol. The average Bonchev–Trinajstić information content (AvgIpc) is 2.90. The summed E-state index contributed by atoms with van der Waals surface area (Å²) in [5.41, 5.74) is -2.01. The molecule has 0 aromatic heterocycles. The first-order valence-electron chi connectivity index (χ1n) is 11.5. The fourth-order valence-electron chi connectivity index (χ4n) is 4.32. The van der Waals surface area contributed by atoms with E-state index in [-0.39, 0.29) is 22.5 Å². The first kappa shape index (κ1) is 28.2. The van der Waals surface area contributed by atoms with Crippen LogP contribution in [-0.2, 0) is 23.9 Å². The van der Waals surface area contributed by atoms with Gasteiger partial charge in [0.1, 0.15) is 42.9 Å². The zero-order chi connectivity index (χ0) is 29.5. The largest absolute Gasteiger partial charge is 0.507 e. The van der Waals surface area contributed by atoms with Gasteiger partial charge in [0.05, 0.1) is 22.3 Å². The number of carbonyl (C=O) groups excluding carboxylic acids is 3. The fourth-order valence-corrected chi connectivity index (χ4v) is 4.32. The lowest BCUT2D eigenvalue weighted by atomic mass is 9.81. The Hall–Kier alpha value is -4.77. The Bertz CT molecular complexity index is 1420. The van der Waals surface area contributed by atoms with E-state index in [2.05, 4.69) is 10.6 Å². The van der Waals surface area contributed by atoms with Crippen LogP contribution < -0.4 is 10.6 Å². The number of aliphatic hydroxyl groups is 3. The molecule has 0 unspecified atom stereocenters. The number of nitrogens with one attached hydrogen (secondary N) is 2. The van der Waals surface area contributed by atoms with Crippen LogP contribution >= 0.6 is 0 Å². The smallest absolute Gasteiger partial charge is 0.335 e. The number of hydrogen-bond acceptors (Lipinski definition) is 14. The third-order valence-electron chi connectivity index (χ3n) is 6.19. The number of carboxylic acid groups (broad SMARTS) is 2. The number of esters is 1. The number of aromatic hydroxyl groups is 2. The summed E-state index contributed by atoms with van der Waals surface area (Å²) in [4.78, 5) is 61.6. The first-order chi connectivity index (χ1) is 18.8. The third-order valence-corrected chi connectivity index (χ3v) is 6.19. The van der Waals surface area contributed by atoms with Crippen LogP contribution in [0, 0.1) is 0 Å². The molecule has 1 aliphatic heterocycles. The Balaban J connectivity index is 1.62. The van der Waals surface area contributed by atoms with Gasteiger partial charge >= 0.3 is 17.9 Å². The van der Waals surface area contributed by atoms with E-state index in [4.69, 9.17) is 19.7 Å². The topological polar surface area (TPSA) is 269 Å². The summed E-state index contributed by atoms with van der Waals surface area (Å²) in [5, 5.41) is 73.3. The van der Waals surface area contributed by atoms with E-state index in [9.17, 15) is 49.5 Å². The maximum absolute atomic E-state index is 13.4. The molecule has 0 spiro atoms. The highest BCUT2D eigenvalue weighted by Gasteiger charge is 2.48. The summed E-state index contributed by atoms with van der Waals surface area (Å²) >= 11 is 0. The molecule has 0 radical (unpaired) electrons. The highest BCUT2D eigenvalue weighted by Crippen LogP contribution is 2.42. The lowest BCUT2D eigenvalue weighted by Gasteiger charge is -2.37. The molecule has 1 saturated heterocycles. The van der Waals surface area contributed by atoms with Crippen LogP contribution in [0.15, 0.2) is 24.3 Å². The Morgan fingerprint density at radius 2 is 1.25 bits per heavy atom. The Morgan fingerprint density at radius 1 is 0.750 bits per heavy atom. The molecule has 0 amide bonds. The molecule has 9 N–H and O–H groups in total. The number of carbonyl (C=O) groups is 5. The second-order valence-electron chi connectivity index (χ2n) is 8.75. The number of carboxylic acids is 2. The highest BCUT2D eigenvalue weighted by atomic mass is 16.7. The number of benzene rings is 2. The standard InChI is InChI=1S/C24H22N2O14/c27-9-3-4-10(28)16-15(9)17(32)13-7(25-5-11(29)30)1-2-8(14(13)18(16)33)26-6-12(31)39-24-21(36)19(34)20(35)22(40-24)23(37)38/h1-4,19-22,24-28,34-36H,5-6H2,(H,29,30)(H,37,38)/t19-,20-,21+,22-,24+/m0/s1. The highest BCUT2D eigenvalue weighted by molar-refractivity contribution is 6.33.